The number of nitrogens with one attached hydrogen (secondary N) is 1. The third kappa shape index (κ3) is 3.17. The Morgan fingerprint density at radius 2 is 2.20 bits per heavy atom. The number of aliphatic hydroxyl groups excluding tert-OH is 1. The maximum atomic E-state index is 11.5. The number of carbonyl (C=O) groups is 2. The van der Waals surface area contributed by atoms with E-state index >= 15 is 0 Å². The Kier molecular flexibility index (Phi) is 4.05. The summed E-state index contributed by atoms with van der Waals surface area (Å²) in [5, 5.41) is 20.2. The summed E-state index contributed by atoms with van der Waals surface area (Å²) in [5.74, 6) is -1.91. The van der Waals surface area contributed by atoms with Gasteiger partial charge in [-0.1, -0.05) is 0 Å². The number of carbonyl (C=O) groups excluding carboxylic acids is 1. The number of carboxylic acid groups (broad SMARTS) is 1. The minimum absolute atomic E-state index is 0.300. The third-order valence-electron chi connectivity index (χ3n) is 2.35. The molecule has 0 aromatic rings. The van der Waals surface area contributed by atoms with Gasteiger partial charge in [-0.3, -0.25) is 4.79 Å². The maximum absolute atomic E-state index is 11.5. The highest BCUT2D eigenvalue weighted by molar-refractivity contribution is 5.85. The van der Waals surface area contributed by atoms with Gasteiger partial charge >= 0.3 is 5.97 Å². The number of aliphatic hydroxyl groups is 1. The standard InChI is InChI=1S/C9H15NO5/c1-5(11)7(9(13)14)10-8(12)6-2-3-15-4-6/h5-7,11H,2-4H2,1H3,(H,10,12)(H,13,14)/t5-,6?,7+/m1/s1. The van der Waals surface area contributed by atoms with Gasteiger partial charge in [-0.2, -0.15) is 0 Å². The molecule has 0 saturated carbocycles. The molecule has 1 heterocycles. The lowest BCUT2D eigenvalue weighted by molar-refractivity contribution is -0.145. The van der Waals surface area contributed by atoms with E-state index in [-0.39, 0.29) is 11.8 Å². The van der Waals surface area contributed by atoms with Crippen molar-refractivity contribution in [3.05, 3.63) is 0 Å². The van der Waals surface area contributed by atoms with Crippen molar-refractivity contribution in [1.29, 1.82) is 0 Å². The number of rotatable bonds is 4. The van der Waals surface area contributed by atoms with E-state index in [4.69, 9.17) is 14.9 Å². The summed E-state index contributed by atoms with van der Waals surface area (Å²) in [7, 11) is 0. The maximum Gasteiger partial charge on any atom is 0.328 e. The average molecular weight is 217 g/mol. The fraction of sp³-hybridized carbons (Fsp3) is 0.778. The molecule has 1 saturated heterocycles. The van der Waals surface area contributed by atoms with E-state index in [0.717, 1.165) is 0 Å². The van der Waals surface area contributed by atoms with Crippen molar-refractivity contribution in [2.24, 2.45) is 5.92 Å². The zero-order valence-electron chi connectivity index (χ0n) is 8.47. The average Bonchev–Trinajstić information content (AvgIpc) is 2.65. The fourth-order valence-corrected chi connectivity index (χ4v) is 1.40. The number of amides is 1. The van der Waals surface area contributed by atoms with Gasteiger partial charge in [-0.15, -0.1) is 0 Å². The Balaban J connectivity index is 2.50. The number of carboxylic acids is 1. The largest absolute Gasteiger partial charge is 0.480 e. The molecule has 0 spiro atoms. The Hall–Kier alpha value is -1.14. The van der Waals surface area contributed by atoms with E-state index in [2.05, 4.69) is 5.32 Å². The Morgan fingerprint density at radius 3 is 2.60 bits per heavy atom. The highest BCUT2D eigenvalue weighted by atomic mass is 16.5. The molecule has 0 aromatic carbocycles. The lowest BCUT2D eigenvalue weighted by atomic mass is 10.1. The second-order valence-corrected chi connectivity index (χ2v) is 3.63. The summed E-state index contributed by atoms with van der Waals surface area (Å²) in [4.78, 5) is 22.2. The van der Waals surface area contributed by atoms with Crippen molar-refractivity contribution < 1.29 is 24.5 Å². The molecule has 0 radical (unpaired) electrons. The summed E-state index contributed by atoms with van der Waals surface area (Å²) >= 11 is 0. The van der Waals surface area contributed by atoms with Gasteiger partial charge < -0.3 is 20.3 Å². The molecule has 3 atom stereocenters. The number of ether oxygens (including phenoxy) is 1. The van der Waals surface area contributed by atoms with Gasteiger partial charge in [0, 0.05) is 6.61 Å². The van der Waals surface area contributed by atoms with Crippen LogP contribution >= 0.6 is 0 Å². The van der Waals surface area contributed by atoms with Crippen molar-refractivity contribution in [1.82, 2.24) is 5.32 Å². The minimum atomic E-state index is -1.25. The minimum Gasteiger partial charge on any atom is -0.480 e. The number of aliphatic carboxylic acids is 1. The fourth-order valence-electron chi connectivity index (χ4n) is 1.40. The first kappa shape index (κ1) is 11.9. The topological polar surface area (TPSA) is 95.9 Å². The first-order valence-electron chi connectivity index (χ1n) is 4.81. The SMILES string of the molecule is C[C@@H](O)[C@H](NC(=O)C1CCOC1)C(=O)O. The molecule has 6 heteroatoms. The monoisotopic (exact) mass is 217 g/mol. The van der Waals surface area contributed by atoms with Gasteiger partial charge in [0.05, 0.1) is 18.6 Å². The van der Waals surface area contributed by atoms with Crippen LogP contribution in [0.4, 0.5) is 0 Å². The Morgan fingerprint density at radius 1 is 1.53 bits per heavy atom. The van der Waals surface area contributed by atoms with E-state index < -0.39 is 18.1 Å². The van der Waals surface area contributed by atoms with Crippen LogP contribution in [0.1, 0.15) is 13.3 Å². The van der Waals surface area contributed by atoms with Crippen LogP contribution in [0, 0.1) is 5.92 Å². The van der Waals surface area contributed by atoms with Crippen LogP contribution in [0.25, 0.3) is 0 Å². The van der Waals surface area contributed by atoms with E-state index in [1.807, 2.05) is 0 Å². The van der Waals surface area contributed by atoms with Crippen LogP contribution in [0.15, 0.2) is 0 Å². The highest BCUT2D eigenvalue weighted by Crippen LogP contribution is 2.12. The molecular weight excluding hydrogens is 202 g/mol. The summed E-state index contributed by atoms with van der Waals surface area (Å²) in [5.41, 5.74) is 0. The third-order valence-corrected chi connectivity index (χ3v) is 2.35. The van der Waals surface area contributed by atoms with Gasteiger partial charge in [0.2, 0.25) is 5.91 Å². The Bertz CT molecular complexity index is 247. The van der Waals surface area contributed by atoms with Gasteiger partial charge in [0.1, 0.15) is 0 Å². The molecule has 0 aromatic heterocycles. The molecule has 1 aliphatic rings. The normalized spacial score (nSPS) is 24.5. The zero-order chi connectivity index (χ0) is 11.4. The van der Waals surface area contributed by atoms with Crippen LogP contribution in [0.5, 0.6) is 0 Å². The van der Waals surface area contributed by atoms with Crippen molar-refractivity contribution in [2.75, 3.05) is 13.2 Å². The molecule has 1 rings (SSSR count). The molecule has 86 valence electrons. The predicted molar refractivity (Wildman–Crippen MR) is 50.2 cm³/mol. The van der Waals surface area contributed by atoms with Crippen LogP contribution in [-0.2, 0) is 14.3 Å². The van der Waals surface area contributed by atoms with E-state index in [1.165, 1.54) is 6.92 Å². The smallest absolute Gasteiger partial charge is 0.328 e. The van der Waals surface area contributed by atoms with Crippen LogP contribution in [0.3, 0.4) is 0 Å². The molecule has 6 nitrogen and oxygen atoms in total. The first-order valence-corrected chi connectivity index (χ1v) is 4.81. The summed E-state index contributed by atoms with van der Waals surface area (Å²) < 4.78 is 5.01. The lowest BCUT2D eigenvalue weighted by Crippen LogP contribution is -2.49. The quantitative estimate of drug-likeness (QED) is 0.559. The van der Waals surface area contributed by atoms with Gasteiger partial charge in [-0.25, -0.2) is 4.79 Å². The van der Waals surface area contributed by atoms with Gasteiger partial charge in [-0.05, 0) is 13.3 Å². The van der Waals surface area contributed by atoms with Gasteiger partial charge in [0.25, 0.3) is 0 Å². The molecule has 1 unspecified atom stereocenters. The summed E-state index contributed by atoms with van der Waals surface area (Å²) in [6.07, 6.45) is -0.522. The molecule has 1 amide bonds. The van der Waals surface area contributed by atoms with Crippen LogP contribution < -0.4 is 5.32 Å². The van der Waals surface area contributed by atoms with Gasteiger partial charge in [0.15, 0.2) is 6.04 Å². The zero-order valence-corrected chi connectivity index (χ0v) is 8.47. The highest BCUT2D eigenvalue weighted by Gasteiger charge is 2.30. The second-order valence-electron chi connectivity index (χ2n) is 3.63. The second kappa shape index (κ2) is 5.09. The molecule has 3 N–H and O–H groups in total. The molecule has 15 heavy (non-hydrogen) atoms. The summed E-state index contributed by atoms with van der Waals surface area (Å²) in [6, 6.07) is -1.25. The Labute approximate surface area is 87.2 Å². The van der Waals surface area contributed by atoms with Crippen LogP contribution in [-0.4, -0.2) is 47.4 Å². The number of hydrogen-bond donors (Lipinski definition) is 3. The van der Waals surface area contributed by atoms with Crippen molar-refractivity contribution >= 4 is 11.9 Å². The van der Waals surface area contributed by atoms with Crippen molar-refractivity contribution in [3.8, 4) is 0 Å². The van der Waals surface area contributed by atoms with E-state index in [9.17, 15) is 9.59 Å². The van der Waals surface area contributed by atoms with E-state index in [1.54, 1.807) is 0 Å². The summed E-state index contributed by atoms with van der Waals surface area (Å²) in [6.45, 7) is 2.16. The van der Waals surface area contributed by atoms with Crippen molar-refractivity contribution in [3.63, 3.8) is 0 Å². The number of hydrogen-bond acceptors (Lipinski definition) is 4. The first-order chi connectivity index (χ1) is 7.02. The lowest BCUT2D eigenvalue weighted by Gasteiger charge is -2.18. The van der Waals surface area contributed by atoms with Crippen molar-refractivity contribution in [2.45, 2.75) is 25.5 Å². The molecule has 0 bridgehead atoms. The predicted octanol–water partition coefficient (Wildman–Crippen LogP) is -1.03. The molecule has 1 aliphatic heterocycles. The van der Waals surface area contributed by atoms with Crippen LogP contribution in [0.2, 0.25) is 0 Å². The molecule has 1 fully saturated rings. The van der Waals surface area contributed by atoms with E-state index in [0.29, 0.717) is 19.6 Å². The molecule has 0 aliphatic carbocycles. The molecular formula is C9H15NO5.